The van der Waals surface area contributed by atoms with Crippen LogP contribution in [0.15, 0.2) is 42.6 Å². The molecule has 3 rings (SSSR count). The molecular formula is C13H12N4. The molecule has 2 aromatic heterocycles. The van der Waals surface area contributed by atoms with E-state index in [-0.39, 0.29) is 0 Å². The number of nitrogen functional groups attached to an aromatic ring is 1. The highest BCUT2D eigenvalue weighted by atomic mass is 15.0. The Kier molecular flexibility index (Phi) is 2.26. The van der Waals surface area contributed by atoms with Crippen LogP contribution < -0.4 is 5.73 Å². The van der Waals surface area contributed by atoms with Crippen LogP contribution in [0, 0.1) is 0 Å². The predicted molar refractivity (Wildman–Crippen MR) is 67.5 cm³/mol. The fourth-order valence-corrected chi connectivity index (χ4v) is 1.81. The minimum absolute atomic E-state index is 0.761. The third-order valence-corrected chi connectivity index (χ3v) is 2.66. The average molecular weight is 224 g/mol. The van der Waals surface area contributed by atoms with E-state index in [1.54, 1.807) is 6.20 Å². The number of fused-ring (bicyclic) bond motifs is 1. The highest BCUT2D eigenvalue weighted by Gasteiger charge is 2.03. The molecule has 4 nitrogen and oxygen atoms in total. The van der Waals surface area contributed by atoms with Crippen molar-refractivity contribution in [3.8, 4) is 0 Å². The summed E-state index contributed by atoms with van der Waals surface area (Å²) in [5, 5.41) is 0. The maximum Gasteiger partial charge on any atom is 0.177 e. The molecule has 17 heavy (non-hydrogen) atoms. The van der Waals surface area contributed by atoms with Gasteiger partial charge in [0.1, 0.15) is 5.82 Å². The van der Waals surface area contributed by atoms with Gasteiger partial charge in [-0.1, -0.05) is 12.1 Å². The van der Waals surface area contributed by atoms with Crippen molar-refractivity contribution in [1.82, 2.24) is 15.0 Å². The summed E-state index contributed by atoms with van der Waals surface area (Å²) in [6.45, 7) is 0. The lowest BCUT2D eigenvalue weighted by Crippen LogP contribution is -1.91. The molecule has 0 saturated carbocycles. The third kappa shape index (κ3) is 1.97. The molecule has 0 fully saturated rings. The summed E-state index contributed by atoms with van der Waals surface area (Å²) in [5.41, 5.74) is 9.34. The fraction of sp³-hybridized carbons (Fsp3) is 0.0769. The Labute approximate surface area is 98.5 Å². The first-order valence-corrected chi connectivity index (χ1v) is 5.45. The zero-order valence-electron chi connectivity index (χ0n) is 9.22. The van der Waals surface area contributed by atoms with Gasteiger partial charge in [-0.2, -0.15) is 0 Å². The van der Waals surface area contributed by atoms with E-state index >= 15 is 0 Å². The van der Waals surface area contributed by atoms with Gasteiger partial charge >= 0.3 is 0 Å². The van der Waals surface area contributed by atoms with E-state index in [1.807, 2.05) is 36.4 Å². The first-order valence-electron chi connectivity index (χ1n) is 5.45. The highest BCUT2D eigenvalue weighted by Crippen LogP contribution is 2.12. The minimum atomic E-state index is 0.761. The van der Waals surface area contributed by atoms with Crippen molar-refractivity contribution in [2.45, 2.75) is 6.42 Å². The number of H-pyrrole nitrogens is 1. The molecule has 0 saturated heterocycles. The first kappa shape index (κ1) is 9.84. The van der Waals surface area contributed by atoms with Crippen molar-refractivity contribution >= 4 is 16.9 Å². The Morgan fingerprint density at radius 1 is 1.12 bits per heavy atom. The second kappa shape index (κ2) is 3.90. The number of rotatable bonds is 2. The molecule has 1 aromatic carbocycles. The maximum atomic E-state index is 5.65. The van der Waals surface area contributed by atoms with Gasteiger partial charge in [0.25, 0.3) is 0 Å². The van der Waals surface area contributed by atoms with Gasteiger partial charge in [-0.05, 0) is 29.8 Å². The summed E-state index contributed by atoms with van der Waals surface area (Å²) in [5.74, 6) is 0.920. The van der Waals surface area contributed by atoms with Crippen LogP contribution >= 0.6 is 0 Å². The second-order valence-electron chi connectivity index (χ2n) is 3.98. The summed E-state index contributed by atoms with van der Waals surface area (Å²) in [4.78, 5) is 11.9. The maximum absolute atomic E-state index is 5.65. The molecule has 0 spiro atoms. The van der Waals surface area contributed by atoms with Gasteiger partial charge in [0.15, 0.2) is 5.65 Å². The number of imidazole rings is 1. The number of aromatic amines is 1. The quantitative estimate of drug-likeness (QED) is 0.655. The largest absolute Gasteiger partial charge is 0.399 e. The second-order valence-corrected chi connectivity index (χ2v) is 3.98. The Morgan fingerprint density at radius 3 is 2.71 bits per heavy atom. The topological polar surface area (TPSA) is 67.6 Å². The average Bonchev–Trinajstić information content (AvgIpc) is 2.74. The zero-order valence-corrected chi connectivity index (χ0v) is 9.22. The van der Waals surface area contributed by atoms with E-state index in [2.05, 4.69) is 15.0 Å². The molecule has 0 bridgehead atoms. The fourth-order valence-electron chi connectivity index (χ4n) is 1.81. The van der Waals surface area contributed by atoms with Crippen LogP contribution in [0.2, 0.25) is 0 Å². The molecule has 3 aromatic rings. The van der Waals surface area contributed by atoms with Gasteiger partial charge in [0.05, 0.1) is 5.52 Å². The van der Waals surface area contributed by atoms with Gasteiger partial charge < -0.3 is 10.7 Å². The third-order valence-electron chi connectivity index (χ3n) is 2.66. The molecule has 3 N–H and O–H groups in total. The number of nitrogens with two attached hydrogens (primary N) is 1. The normalized spacial score (nSPS) is 10.8. The van der Waals surface area contributed by atoms with E-state index in [1.165, 1.54) is 5.56 Å². The lowest BCUT2D eigenvalue weighted by atomic mass is 10.1. The molecule has 0 aliphatic rings. The van der Waals surface area contributed by atoms with Crippen molar-refractivity contribution in [1.29, 1.82) is 0 Å². The Balaban J connectivity index is 1.92. The van der Waals surface area contributed by atoms with Crippen LogP contribution in [-0.2, 0) is 6.42 Å². The van der Waals surface area contributed by atoms with Gasteiger partial charge in [-0.25, -0.2) is 9.97 Å². The smallest absolute Gasteiger partial charge is 0.177 e. The van der Waals surface area contributed by atoms with Crippen LogP contribution in [0.25, 0.3) is 11.2 Å². The van der Waals surface area contributed by atoms with Crippen LogP contribution in [0.4, 0.5) is 5.69 Å². The monoisotopic (exact) mass is 224 g/mol. The number of hydrogen-bond acceptors (Lipinski definition) is 3. The summed E-state index contributed by atoms with van der Waals surface area (Å²) in [6.07, 6.45) is 2.51. The lowest BCUT2D eigenvalue weighted by Gasteiger charge is -1.98. The molecule has 0 aliphatic heterocycles. The van der Waals surface area contributed by atoms with Crippen molar-refractivity contribution in [2.75, 3.05) is 5.73 Å². The summed E-state index contributed by atoms with van der Waals surface area (Å²) in [6, 6.07) is 11.7. The van der Waals surface area contributed by atoms with Crippen LogP contribution in [0.5, 0.6) is 0 Å². The SMILES string of the molecule is Nc1ccc(Cc2nc3ncccc3[nH]2)cc1. The van der Waals surface area contributed by atoms with Gasteiger partial charge in [-0.15, -0.1) is 0 Å². The molecule has 84 valence electrons. The summed E-state index contributed by atoms with van der Waals surface area (Å²) >= 11 is 0. The van der Waals surface area contributed by atoms with Crippen molar-refractivity contribution in [3.63, 3.8) is 0 Å². The van der Waals surface area contributed by atoms with Gasteiger partial charge in [-0.3, -0.25) is 0 Å². The van der Waals surface area contributed by atoms with Crippen LogP contribution in [0.1, 0.15) is 11.4 Å². The number of aromatic nitrogens is 3. The van der Waals surface area contributed by atoms with Gasteiger partial charge in [0.2, 0.25) is 0 Å². The van der Waals surface area contributed by atoms with Gasteiger partial charge in [0, 0.05) is 18.3 Å². The number of hydrogen-bond donors (Lipinski definition) is 2. The van der Waals surface area contributed by atoms with Crippen molar-refractivity contribution < 1.29 is 0 Å². The Bertz CT molecular complexity index is 607. The molecule has 0 atom stereocenters. The van der Waals surface area contributed by atoms with E-state index < -0.39 is 0 Å². The van der Waals surface area contributed by atoms with E-state index in [0.717, 1.165) is 29.1 Å². The molecular weight excluding hydrogens is 212 g/mol. The molecule has 0 unspecified atom stereocenters. The highest BCUT2D eigenvalue weighted by molar-refractivity contribution is 5.69. The molecule has 4 heteroatoms. The van der Waals surface area contributed by atoms with Crippen molar-refractivity contribution in [3.05, 3.63) is 54.0 Å². The number of benzene rings is 1. The number of pyridine rings is 1. The van der Waals surface area contributed by atoms with Crippen LogP contribution in [-0.4, -0.2) is 15.0 Å². The van der Waals surface area contributed by atoms with Crippen LogP contribution in [0.3, 0.4) is 0 Å². The molecule has 0 amide bonds. The van der Waals surface area contributed by atoms with E-state index in [9.17, 15) is 0 Å². The predicted octanol–water partition coefficient (Wildman–Crippen LogP) is 2.13. The molecule has 0 radical (unpaired) electrons. The number of nitrogens with zero attached hydrogens (tertiary/aromatic N) is 2. The minimum Gasteiger partial charge on any atom is -0.399 e. The van der Waals surface area contributed by atoms with Crippen molar-refractivity contribution in [2.24, 2.45) is 0 Å². The molecule has 2 heterocycles. The Hall–Kier alpha value is -2.36. The standard InChI is InChI=1S/C13H12N4/c14-10-5-3-9(4-6-10)8-12-16-11-2-1-7-15-13(11)17-12/h1-7H,8,14H2,(H,15,16,17). The summed E-state index contributed by atoms with van der Waals surface area (Å²) in [7, 11) is 0. The number of anilines is 1. The summed E-state index contributed by atoms with van der Waals surface area (Å²) < 4.78 is 0. The Morgan fingerprint density at radius 2 is 1.94 bits per heavy atom. The lowest BCUT2D eigenvalue weighted by molar-refractivity contribution is 1.03. The number of nitrogens with one attached hydrogen (secondary N) is 1. The first-order chi connectivity index (χ1) is 8.31. The van der Waals surface area contributed by atoms with E-state index in [4.69, 9.17) is 5.73 Å². The van der Waals surface area contributed by atoms with E-state index in [0.29, 0.717) is 0 Å². The molecule has 0 aliphatic carbocycles. The zero-order chi connectivity index (χ0) is 11.7.